The van der Waals surface area contributed by atoms with Gasteiger partial charge in [0.25, 0.3) is 0 Å². The lowest BCUT2D eigenvalue weighted by Gasteiger charge is -2.10. The molecule has 0 amide bonds. The standard InChI is InChI=1S/C23H14O5/c24-21(14-6-2-1-3-7-14)20-22(25)16-8-4-5-9-17(16)28-23(20)15-10-11-18-19(12-15)27-13-26-18/h1-12H,13H2. The lowest BCUT2D eigenvalue weighted by molar-refractivity contribution is 0.103. The van der Waals surface area contributed by atoms with E-state index in [2.05, 4.69) is 0 Å². The molecule has 0 bridgehead atoms. The Morgan fingerprint density at radius 3 is 2.43 bits per heavy atom. The molecular weight excluding hydrogens is 356 g/mol. The van der Waals surface area contributed by atoms with E-state index in [0.29, 0.717) is 33.6 Å². The third-order valence-electron chi connectivity index (χ3n) is 4.70. The van der Waals surface area contributed by atoms with Gasteiger partial charge in [-0.15, -0.1) is 0 Å². The molecule has 28 heavy (non-hydrogen) atoms. The summed E-state index contributed by atoms with van der Waals surface area (Å²) in [5.41, 5.74) is 1.07. The first kappa shape index (κ1) is 16.3. The highest BCUT2D eigenvalue weighted by molar-refractivity contribution is 6.13. The summed E-state index contributed by atoms with van der Waals surface area (Å²) in [5, 5.41) is 0.367. The molecule has 0 atom stereocenters. The number of hydrogen-bond acceptors (Lipinski definition) is 5. The van der Waals surface area contributed by atoms with Crippen molar-refractivity contribution in [3.63, 3.8) is 0 Å². The highest BCUT2D eigenvalue weighted by Crippen LogP contribution is 2.37. The van der Waals surface area contributed by atoms with Crippen molar-refractivity contribution < 1.29 is 18.7 Å². The van der Waals surface area contributed by atoms with Crippen molar-refractivity contribution in [1.82, 2.24) is 0 Å². The zero-order chi connectivity index (χ0) is 19.1. The van der Waals surface area contributed by atoms with Crippen molar-refractivity contribution in [3.8, 4) is 22.8 Å². The van der Waals surface area contributed by atoms with E-state index in [0.717, 1.165) is 0 Å². The van der Waals surface area contributed by atoms with E-state index in [9.17, 15) is 9.59 Å². The molecule has 0 unspecified atom stereocenters. The van der Waals surface area contributed by atoms with Crippen LogP contribution >= 0.6 is 0 Å². The van der Waals surface area contributed by atoms with Crippen molar-refractivity contribution >= 4 is 16.8 Å². The molecule has 1 aliphatic heterocycles. The van der Waals surface area contributed by atoms with Crippen LogP contribution in [0.1, 0.15) is 15.9 Å². The Balaban J connectivity index is 1.80. The van der Waals surface area contributed by atoms with Gasteiger partial charge in [0.2, 0.25) is 18.0 Å². The van der Waals surface area contributed by atoms with Crippen molar-refractivity contribution in [2.75, 3.05) is 6.79 Å². The largest absolute Gasteiger partial charge is 0.455 e. The molecule has 0 spiro atoms. The fourth-order valence-electron chi connectivity index (χ4n) is 3.32. The Bertz CT molecular complexity index is 1270. The van der Waals surface area contributed by atoms with Crippen LogP contribution in [-0.4, -0.2) is 12.6 Å². The number of fused-ring (bicyclic) bond motifs is 2. The Kier molecular flexibility index (Phi) is 3.72. The number of para-hydroxylation sites is 1. The van der Waals surface area contributed by atoms with Crippen molar-refractivity contribution in [1.29, 1.82) is 0 Å². The summed E-state index contributed by atoms with van der Waals surface area (Å²) in [5.74, 6) is 0.998. The molecule has 3 aromatic carbocycles. The smallest absolute Gasteiger partial charge is 0.231 e. The average Bonchev–Trinajstić information content (AvgIpc) is 3.22. The predicted octanol–water partition coefficient (Wildman–Crippen LogP) is 4.42. The number of ether oxygens (including phenoxy) is 2. The highest BCUT2D eigenvalue weighted by atomic mass is 16.7. The Hall–Kier alpha value is -3.86. The van der Waals surface area contributed by atoms with Gasteiger partial charge in [0.05, 0.1) is 5.39 Å². The SMILES string of the molecule is O=C(c1ccccc1)c1c(-c2ccc3c(c2)OCO3)oc2ccccc2c1=O. The number of rotatable bonds is 3. The van der Waals surface area contributed by atoms with E-state index in [-0.39, 0.29) is 29.3 Å². The average molecular weight is 370 g/mol. The van der Waals surface area contributed by atoms with Gasteiger partial charge in [-0.25, -0.2) is 0 Å². The first-order chi connectivity index (χ1) is 13.7. The third kappa shape index (κ3) is 2.56. The van der Waals surface area contributed by atoms with Crippen LogP contribution in [0.5, 0.6) is 11.5 Å². The van der Waals surface area contributed by atoms with Crippen LogP contribution in [0.2, 0.25) is 0 Å². The Morgan fingerprint density at radius 2 is 1.57 bits per heavy atom. The minimum atomic E-state index is -0.382. The van der Waals surface area contributed by atoms with Crippen molar-refractivity contribution in [2.45, 2.75) is 0 Å². The lowest BCUT2D eigenvalue weighted by atomic mass is 9.97. The topological polar surface area (TPSA) is 65.7 Å². The number of benzene rings is 3. The Morgan fingerprint density at radius 1 is 0.821 bits per heavy atom. The highest BCUT2D eigenvalue weighted by Gasteiger charge is 2.25. The molecule has 0 fully saturated rings. The summed E-state index contributed by atoms with van der Waals surface area (Å²) in [4.78, 5) is 26.5. The zero-order valence-corrected chi connectivity index (χ0v) is 14.7. The molecule has 5 nitrogen and oxygen atoms in total. The fourth-order valence-corrected chi connectivity index (χ4v) is 3.32. The molecule has 0 saturated carbocycles. The quantitative estimate of drug-likeness (QED) is 0.500. The molecule has 2 heterocycles. The lowest BCUT2D eigenvalue weighted by Crippen LogP contribution is -2.17. The second-order valence-electron chi connectivity index (χ2n) is 6.39. The first-order valence-electron chi connectivity index (χ1n) is 8.78. The normalized spacial score (nSPS) is 12.3. The van der Waals surface area contributed by atoms with Crippen molar-refractivity contribution in [3.05, 3.63) is 94.1 Å². The van der Waals surface area contributed by atoms with E-state index < -0.39 is 0 Å². The maximum Gasteiger partial charge on any atom is 0.231 e. The van der Waals surface area contributed by atoms with Crippen LogP contribution in [0.4, 0.5) is 0 Å². The van der Waals surface area contributed by atoms with E-state index in [1.807, 2.05) is 6.07 Å². The first-order valence-corrected chi connectivity index (χ1v) is 8.78. The van der Waals surface area contributed by atoms with Crippen LogP contribution in [0, 0.1) is 0 Å². The molecule has 0 radical (unpaired) electrons. The summed E-state index contributed by atoms with van der Waals surface area (Å²) in [6, 6.07) is 20.8. The molecule has 136 valence electrons. The minimum absolute atomic E-state index is 0.00349. The summed E-state index contributed by atoms with van der Waals surface area (Å²) < 4.78 is 16.8. The number of hydrogen-bond donors (Lipinski definition) is 0. The van der Waals surface area contributed by atoms with Gasteiger partial charge in [0, 0.05) is 11.1 Å². The fraction of sp³-hybridized carbons (Fsp3) is 0.0435. The van der Waals surface area contributed by atoms with E-state index >= 15 is 0 Å². The summed E-state index contributed by atoms with van der Waals surface area (Å²) in [7, 11) is 0. The second kappa shape index (κ2) is 6.39. The zero-order valence-electron chi connectivity index (χ0n) is 14.7. The van der Waals surface area contributed by atoms with Gasteiger partial charge >= 0.3 is 0 Å². The molecule has 1 aliphatic rings. The molecule has 5 rings (SSSR count). The van der Waals surface area contributed by atoms with E-state index in [4.69, 9.17) is 13.9 Å². The number of carbonyl (C=O) groups is 1. The monoisotopic (exact) mass is 370 g/mol. The molecule has 1 aromatic heterocycles. The predicted molar refractivity (Wildman–Crippen MR) is 104 cm³/mol. The molecule has 0 saturated heterocycles. The minimum Gasteiger partial charge on any atom is -0.455 e. The van der Waals surface area contributed by atoms with Crippen LogP contribution in [0.25, 0.3) is 22.3 Å². The van der Waals surface area contributed by atoms with Crippen LogP contribution in [0.3, 0.4) is 0 Å². The maximum absolute atomic E-state index is 13.2. The van der Waals surface area contributed by atoms with Crippen LogP contribution < -0.4 is 14.9 Å². The second-order valence-corrected chi connectivity index (χ2v) is 6.39. The van der Waals surface area contributed by atoms with Crippen LogP contribution in [0.15, 0.2) is 82.0 Å². The number of ketones is 1. The number of carbonyl (C=O) groups excluding carboxylic acids is 1. The molecule has 0 aliphatic carbocycles. The van der Waals surface area contributed by atoms with Gasteiger partial charge in [-0.05, 0) is 30.3 Å². The molecule has 5 heteroatoms. The summed E-state index contributed by atoms with van der Waals surface area (Å²) >= 11 is 0. The van der Waals surface area contributed by atoms with Crippen LogP contribution in [-0.2, 0) is 0 Å². The summed E-state index contributed by atoms with van der Waals surface area (Å²) in [6.07, 6.45) is 0. The van der Waals surface area contributed by atoms with Gasteiger partial charge in [-0.2, -0.15) is 0 Å². The molecular formula is C23H14O5. The van der Waals surface area contributed by atoms with Gasteiger partial charge in [-0.1, -0.05) is 42.5 Å². The van der Waals surface area contributed by atoms with Gasteiger partial charge in [0.15, 0.2) is 11.5 Å². The van der Waals surface area contributed by atoms with Gasteiger partial charge in [0.1, 0.15) is 16.9 Å². The third-order valence-corrected chi connectivity index (χ3v) is 4.70. The van der Waals surface area contributed by atoms with Crippen molar-refractivity contribution in [2.24, 2.45) is 0 Å². The molecule has 4 aromatic rings. The van der Waals surface area contributed by atoms with E-state index in [1.165, 1.54) is 0 Å². The van der Waals surface area contributed by atoms with E-state index in [1.54, 1.807) is 66.7 Å². The molecule has 0 N–H and O–H groups in total. The summed E-state index contributed by atoms with van der Waals surface area (Å²) in [6.45, 7) is 0.135. The van der Waals surface area contributed by atoms with Gasteiger partial charge in [-0.3, -0.25) is 9.59 Å². The Labute approximate surface area is 159 Å². The maximum atomic E-state index is 13.2. The van der Waals surface area contributed by atoms with Gasteiger partial charge < -0.3 is 13.9 Å².